The summed E-state index contributed by atoms with van der Waals surface area (Å²) >= 11 is 0. The summed E-state index contributed by atoms with van der Waals surface area (Å²) in [6, 6.07) is 6.17. The van der Waals surface area contributed by atoms with Crippen molar-refractivity contribution in [3.63, 3.8) is 0 Å². The number of aromatic nitrogens is 2. The van der Waals surface area contributed by atoms with Crippen molar-refractivity contribution < 1.29 is 13.9 Å². The lowest BCUT2D eigenvalue weighted by molar-refractivity contribution is 0.209. The van der Waals surface area contributed by atoms with Gasteiger partial charge >= 0.3 is 6.09 Å². The first-order chi connectivity index (χ1) is 7.66. The molecule has 5 nitrogen and oxygen atoms in total. The van der Waals surface area contributed by atoms with E-state index in [2.05, 4.69) is 9.72 Å². The number of nitrogens with zero attached hydrogens (tertiary/aromatic N) is 2. The van der Waals surface area contributed by atoms with Crippen LogP contribution in [0.2, 0.25) is 0 Å². The molecule has 6 heteroatoms. The standard InChI is InChI=1S/C10H8FN3O2/c11-7-3-1-2-4-8(7)14-5-9(13-6-14)16-10(12)15/h1-6H,(H2,12,15). The minimum atomic E-state index is -0.959. The van der Waals surface area contributed by atoms with Crippen molar-refractivity contribution in [2.24, 2.45) is 5.73 Å². The molecule has 0 saturated heterocycles. The van der Waals surface area contributed by atoms with E-state index >= 15 is 0 Å². The molecule has 2 aromatic rings. The molecule has 2 N–H and O–H groups in total. The molecule has 0 aliphatic rings. The monoisotopic (exact) mass is 221 g/mol. The van der Waals surface area contributed by atoms with Gasteiger partial charge in [0.15, 0.2) is 0 Å². The summed E-state index contributed by atoms with van der Waals surface area (Å²) in [6.45, 7) is 0. The van der Waals surface area contributed by atoms with E-state index in [1.165, 1.54) is 23.2 Å². The molecule has 16 heavy (non-hydrogen) atoms. The zero-order chi connectivity index (χ0) is 11.5. The van der Waals surface area contributed by atoms with Crippen LogP contribution in [0.4, 0.5) is 9.18 Å². The first kappa shape index (κ1) is 10.2. The van der Waals surface area contributed by atoms with Gasteiger partial charge in [0, 0.05) is 0 Å². The fourth-order valence-electron chi connectivity index (χ4n) is 1.25. The molecule has 0 aliphatic carbocycles. The van der Waals surface area contributed by atoms with Crippen molar-refractivity contribution in [3.8, 4) is 11.6 Å². The third kappa shape index (κ3) is 2.00. The lowest BCUT2D eigenvalue weighted by Crippen LogP contribution is -2.16. The molecule has 1 aromatic heterocycles. The summed E-state index contributed by atoms with van der Waals surface area (Å²) in [6.07, 6.45) is 1.73. The Morgan fingerprint density at radius 3 is 2.88 bits per heavy atom. The largest absolute Gasteiger partial charge is 0.411 e. The van der Waals surface area contributed by atoms with Crippen molar-refractivity contribution in [1.82, 2.24) is 9.55 Å². The second-order valence-electron chi connectivity index (χ2n) is 2.99. The van der Waals surface area contributed by atoms with Gasteiger partial charge in [-0.1, -0.05) is 12.1 Å². The number of carbonyl (C=O) groups excluding carboxylic acids is 1. The van der Waals surface area contributed by atoms with Gasteiger partial charge in [-0.15, -0.1) is 0 Å². The molecule has 82 valence electrons. The first-order valence-electron chi connectivity index (χ1n) is 4.43. The van der Waals surface area contributed by atoms with Crippen LogP contribution in [0.5, 0.6) is 5.88 Å². The number of nitrogens with two attached hydrogens (primary N) is 1. The average molecular weight is 221 g/mol. The lowest BCUT2D eigenvalue weighted by Gasteiger charge is -2.01. The van der Waals surface area contributed by atoms with Gasteiger partial charge in [0.2, 0.25) is 5.88 Å². The quantitative estimate of drug-likeness (QED) is 0.834. The fourth-order valence-corrected chi connectivity index (χ4v) is 1.25. The van der Waals surface area contributed by atoms with Crippen LogP contribution < -0.4 is 10.5 Å². The zero-order valence-electron chi connectivity index (χ0n) is 8.13. The van der Waals surface area contributed by atoms with Crippen LogP contribution in [-0.2, 0) is 0 Å². The van der Waals surface area contributed by atoms with Gasteiger partial charge in [-0.05, 0) is 12.1 Å². The second-order valence-corrected chi connectivity index (χ2v) is 2.99. The molecule has 1 amide bonds. The fraction of sp³-hybridized carbons (Fsp3) is 0. The van der Waals surface area contributed by atoms with Gasteiger partial charge < -0.3 is 10.5 Å². The van der Waals surface area contributed by atoms with E-state index in [-0.39, 0.29) is 5.88 Å². The highest BCUT2D eigenvalue weighted by Crippen LogP contribution is 2.15. The maximum absolute atomic E-state index is 13.4. The summed E-state index contributed by atoms with van der Waals surface area (Å²) in [5.41, 5.74) is 5.13. The highest BCUT2D eigenvalue weighted by Gasteiger charge is 2.07. The van der Waals surface area contributed by atoms with Crippen molar-refractivity contribution in [2.75, 3.05) is 0 Å². The van der Waals surface area contributed by atoms with Crippen LogP contribution in [0.25, 0.3) is 5.69 Å². The number of imidazole rings is 1. The predicted molar refractivity (Wildman–Crippen MR) is 53.7 cm³/mol. The van der Waals surface area contributed by atoms with Gasteiger partial charge in [0.25, 0.3) is 0 Å². The summed E-state index contributed by atoms with van der Waals surface area (Å²) in [5.74, 6) is -0.374. The van der Waals surface area contributed by atoms with Crippen molar-refractivity contribution in [1.29, 1.82) is 0 Å². The Morgan fingerprint density at radius 1 is 1.44 bits per heavy atom. The molecule has 0 radical (unpaired) electrons. The van der Waals surface area contributed by atoms with Crippen molar-refractivity contribution in [2.45, 2.75) is 0 Å². The highest BCUT2D eigenvalue weighted by molar-refractivity contribution is 5.67. The van der Waals surface area contributed by atoms with Crippen LogP contribution in [-0.4, -0.2) is 15.6 Å². The lowest BCUT2D eigenvalue weighted by atomic mass is 10.3. The van der Waals surface area contributed by atoms with Gasteiger partial charge in [0.1, 0.15) is 12.1 Å². The zero-order valence-corrected chi connectivity index (χ0v) is 8.13. The van der Waals surface area contributed by atoms with Crippen LogP contribution in [0.1, 0.15) is 0 Å². The number of ether oxygens (including phenoxy) is 1. The van der Waals surface area contributed by atoms with Crippen LogP contribution in [0.15, 0.2) is 36.8 Å². The third-order valence-corrected chi connectivity index (χ3v) is 1.89. The van der Waals surface area contributed by atoms with Gasteiger partial charge in [-0.2, -0.15) is 0 Å². The van der Waals surface area contributed by atoms with Gasteiger partial charge in [-0.3, -0.25) is 4.57 Å². The molecule has 0 spiro atoms. The normalized spacial score (nSPS) is 10.1. The molecule has 0 fully saturated rings. The Balaban J connectivity index is 2.32. The maximum Gasteiger partial charge on any atom is 0.411 e. The number of halogens is 1. The minimum absolute atomic E-state index is 0.0238. The molecule has 1 heterocycles. The summed E-state index contributed by atoms with van der Waals surface area (Å²) in [4.78, 5) is 14.2. The molecular weight excluding hydrogens is 213 g/mol. The molecule has 0 saturated carbocycles. The number of amides is 1. The number of hydrogen-bond donors (Lipinski definition) is 1. The molecule has 1 aromatic carbocycles. The van der Waals surface area contributed by atoms with E-state index in [9.17, 15) is 9.18 Å². The Hall–Kier alpha value is -2.37. The maximum atomic E-state index is 13.4. The Kier molecular flexibility index (Phi) is 2.55. The third-order valence-electron chi connectivity index (χ3n) is 1.89. The molecular formula is C10H8FN3O2. The van der Waals surface area contributed by atoms with Crippen LogP contribution >= 0.6 is 0 Å². The molecule has 2 rings (SSSR count). The first-order valence-corrected chi connectivity index (χ1v) is 4.43. The molecule has 0 bridgehead atoms. The molecule has 0 unspecified atom stereocenters. The average Bonchev–Trinajstić information content (AvgIpc) is 2.66. The van der Waals surface area contributed by atoms with Gasteiger partial charge in [-0.25, -0.2) is 14.2 Å². The minimum Gasteiger partial charge on any atom is -0.390 e. The smallest absolute Gasteiger partial charge is 0.390 e. The van der Waals surface area contributed by atoms with E-state index in [4.69, 9.17) is 5.73 Å². The number of para-hydroxylation sites is 1. The van der Waals surface area contributed by atoms with Crippen molar-refractivity contribution in [3.05, 3.63) is 42.6 Å². The van der Waals surface area contributed by atoms with E-state index in [1.54, 1.807) is 18.2 Å². The van der Waals surface area contributed by atoms with E-state index in [1.807, 2.05) is 0 Å². The van der Waals surface area contributed by atoms with E-state index in [0.29, 0.717) is 5.69 Å². The second kappa shape index (κ2) is 4.01. The molecule has 0 aliphatic heterocycles. The van der Waals surface area contributed by atoms with Gasteiger partial charge in [0.05, 0.1) is 11.9 Å². The van der Waals surface area contributed by atoms with Crippen molar-refractivity contribution >= 4 is 6.09 Å². The Bertz CT molecular complexity index is 524. The number of carbonyl (C=O) groups is 1. The summed E-state index contributed by atoms with van der Waals surface area (Å²) in [7, 11) is 0. The Labute approximate surface area is 90.3 Å². The topological polar surface area (TPSA) is 70.1 Å². The van der Waals surface area contributed by atoms with E-state index in [0.717, 1.165) is 0 Å². The van der Waals surface area contributed by atoms with E-state index < -0.39 is 11.9 Å². The Morgan fingerprint density at radius 2 is 2.19 bits per heavy atom. The summed E-state index contributed by atoms with van der Waals surface area (Å²) < 4.78 is 19.3. The number of rotatable bonds is 2. The van der Waals surface area contributed by atoms with Crippen LogP contribution in [0.3, 0.4) is 0 Å². The number of primary amides is 1. The number of benzene rings is 1. The number of hydrogen-bond acceptors (Lipinski definition) is 3. The highest BCUT2D eigenvalue weighted by atomic mass is 19.1. The SMILES string of the molecule is NC(=O)Oc1cn(-c2ccccc2F)cn1. The molecule has 0 atom stereocenters. The van der Waals surface area contributed by atoms with Crippen LogP contribution in [0, 0.1) is 5.82 Å². The predicted octanol–water partition coefficient (Wildman–Crippen LogP) is 1.47. The summed E-state index contributed by atoms with van der Waals surface area (Å²) in [5, 5.41) is 0.